The van der Waals surface area contributed by atoms with Gasteiger partial charge < -0.3 is 15.4 Å². The number of benzene rings is 1. The summed E-state index contributed by atoms with van der Waals surface area (Å²) in [5.41, 5.74) is 6.97. The minimum atomic E-state index is -0.0109. The fraction of sp³-hybridized carbons (Fsp3) is 0.500. The molecule has 2 rings (SSSR count). The third-order valence-corrected chi connectivity index (χ3v) is 4.48. The Morgan fingerprint density at radius 2 is 2.37 bits per heavy atom. The molecule has 1 aromatic carbocycles. The lowest BCUT2D eigenvalue weighted by Gasteiger charge is -2.25. The molecule has 0 aliphatic carbocycles. The molecule has 4 nitrogen and oxygen atoms in total. The molecule has 104 valence electrons. The van der Waals surface area contributed by atoms with Crippen molar-refractivity contribution >= 4 is 23.4 Å². The van der Waals surface area contributed by atoms with Crippen molar-refractivity contribution in [2.45, 2.75) is 19.4 Å². The SMILES string of the molecule is CCOc1c(N)cccc1C(=O)N(C)C1CCSC1. The standard InChI is InChI=1S/C14H20N2O2S/c1-3-18-13-11(5-4-6-12(13)15)14(17)16(2)10-7-8-19-9-10/h4-6,10H,3,7-9,15H2,1-2H3. The van der Waals surface area contributed by atoms with Crippen LogP contribution in [-0.2, 0) is 0 Å². The summed E-state index contributed by atoms with van der Waals surface area (Å²) >= 11 is 1.89. The zero-order chi connectivity index (χ0) is 13.8. The zero-order valence-electron chi connectivity index (χ0n) is 11.4. The van der Waals surface area contributed by atoms with Crippen LogP contribution in [0.5, 0.6) is 5.75 Å². The molecular weight excluding hydrogens is 260 g/mol. The number of anilines is 1. The lowest BCUT2D eigenvalue weighted by Crippen LogP contribution is -2.37. The van der Waals surface area contributed by atoms with Gasteiger partial charge in [-0.2, -0.15) is 11.8 Å². The smallest absolute Gasteiger partial charge is 0.257 e. The van der Waals surface area contributed by atoms with Crippen LogP contribution in [0, 0.1) is 0 Å². The molecule has 0 spiro atoms. The Kier molecular flexibility index (Phi) is 4.58. The van der Waals surface area contributed by atoms with Crippen LogP contribution in [0.3, 0.4) is 0 Å². The van der Waals surface area contributed by atoms with E-state index in [2.05, 4.69) is 0 Å². The third kappa shape index (κ3) is 2.97. The molecule has 0 aromatic heterocycles. The fourth-order valence-corrected chi connectivity index (χ4v) is 3.48. The maximum Gasteiger partial charge on any atom is 0.257 e. The molecule has 1 unspecified atom stereocenters. The number of amides is 1. The number of nitrogen functional groups attached to an aromatic ring is 1. The van der Waals surface area contributed by atoms with Gasteiger partial charge in [-0.05, 0) is 31.2 Å². The fourth-order valence-electron chi connectivity index (χ4n) is 2.21. The summed E-state index contributed by atoms with van der Waals surface area (Å²) in [6.45, 7) is 2.38. The van der Waals surface area contributed by atoms with Gasteiger partial charge in [-0.3, -0.25) is 4.79 Å². The van der Waals surface area contributed by atoms with Gasteiger partial charge in [-0.25, -0.2) is 0 Å². The largest absolute Gasteiger partial charge is 0.491 e. The zero-order valence-corrected chi connectivity index (χ0v) is 12.2. The lowest BCUT2D eigenvalue weighted by molar-refractivity contribution is 0.0744. The second kappa shape index (κ2) is 6.19. The van der Waals surface area contributed by atoms with E-state index in [1.165, 1.54) is 0 Å². The molecule has 5 heteroatoms. The molecule has 1 aliphatic rings. The van der Waals surface area contributed by atoms with Gasteiger partial charge >= 0.3 is 0 Å². The van der Waals surface area contributed by atoms with E-state index in [1.807, 2.05) is 30.6 Å². The summed E-state index contributed by atoms with van der Waals surface area (Å²) in [4.78, 5) is 14.4. The van der Waals surface area contributed by atoms with Crippen molar-refractivity contribution in [1.29, 1.82) is 0 Å². The maximum absolute atomic E-state index is 12.6. The molecule has 2 N–H and O–H groups in total. The predicted octanol–water partition coefficient (Wildman–Crippen LogP) is 2.25. The van der Waals surface area contributed by atoms with Crippen molar-refractivity contribution in [3.63, 3.8) is 0 Å². The Morgan fingerprint density at radius 3 is 3.00 bits per heavy atom. The molecule has 19 heavy (non-hydrogen) atoms. The van der Waals surface area contributed by atoms with Crippen LogP contribution < -0.4 is 10.5 Å². The number of nitrogens with two attached hydrogens (primary N) is 1. The van der Waals surface area contributed by atoms with Crippen molar-refractivity contribution in [3.8, 4) is 5.75 Å². The van der Waals surface area contributed by atoms with E-state index in [9.17, 15) is 4.79 Å². The van der Waals surface area contributed by atoms with Crippen molar-refractivity contribution in [3.05, 3.63) is 23.8 Å². The highest BCUT2D eigenvalue weighted by Crippen LogP contribution is 2.29. The van der Waals surface area contributed by atoms with Gasteiger partial charge in [0.2, 0.25) is 0 Å². The number of carbonyl (C=O) groups excluding carboxylic acids is 1. The Balaban J connectivity index is 2.24. The summed E-state index contributed by atoms with van der Waals surface area (Å²) in [5.74, 6) is 2.63. The van der Waals surface area contributed by atoms with Crippen molar-refractivity contribution in [1.82, 2.24) is 4.90 Å². The van der Waals surface area contributed by atoms with Crippen LogP contribution in [0.4, 0.5) is 5.69 Å². The molecule has 0 radical (unpaired) electrons. The van der Waals surface area contributed by atoms with Crippen molar-refractivity contribution < 1.29 is 9.53 Å². The molecule has 1 aliphatic heterocycles. The first-order chi connectivity index (χ1) is 9.15. The van der Waals surface area contributed by atoms with Crippen LogP contribution in [0.15, 0.2) is 18.2 Å². The highest BCUT2D eigenvalue weighted by molar-refractivity contribution is 7.99. The highest BCUT2D eigenvalue weighted by atomic mass is 32.2. The van der Waals surface area contributed by atoms with E-state index in [0.717, 1.165) is 17.9 Å². The molecule has 1 atom stereocenters. The van der Waals surface area contributed by atoms with Gasteiger partial charge in [0.15, 0.2) is 5.75 Å². The Morgan fingerprint density at radius 1 is 1.58 bits per heavy atom. The van der Waals surface area contributed by atoms with Crippen LogP contribution in [0.2, 0.25) is 0 Å². The minimum Gasteiger partial charge on any atom is -0.491 e. The lowest BCUT2D eigenvalue weighted by atomic mass is 10.1. The molecule has 1 amide bonds. The summed E-state index contributed by atoms with van der Waals surface area (Å²) in [5, 5.41) is 0. The molecular formula is C14H20N2O2S. The van der Waals surface area contributed by atoms with Gasteiger partial charge in [0.1, 0.15) is 0 Å². The van der Waals surface area contributed by atoms with Gasteiger partial charge in [0.05, 0.1) is 17.9 Å². The Bertz CT molecular complexity index is 459. The number of carbonyl (C=O) groups is 1. The monoisotopic (exact) mass is 280 g/mol. The normalized spacial score (nSPS) is 18.3. The summed E-state index contributed by atoms with van der Waals surface area (Å²) in [6.07, 6.45) is 1.05. The number of thioether (sulfide) groups is 1. The van der Waals surface area contributed by atoms with Gasteiger partial charge in [0.25, 0.3) is 5.91 Å². The molecule has 1 fully saturated rings. The number of ether oxygens (including phenoxy) is 1. The summed E-state index contributed by atoms with van der Waals surface area (Å²) in [7, 11) is 1.86. The first-order valence-electron chi connectivity index (χ1n) is 6.51. The Hall–Kier alpha value is -1.36. The summed E-state index contributed by atoms with van der Waals surface area (Å²) < 4.78 is 5.52. The second-order valence-electron chi connectivity index (χ2n) is 4.59. The van der Waals surface area contributed by atoms with E-state index in [0.29, 0.717) is 29.6 Å². The average Bonchev–Trinajstić information content (AvgIpc) is 2.93. The number of para-hydroxylation sites is 1. The molecule has 0 bridgehead atoms. The van der Waals surface area contributed by atoms with Crippen molar-refractivity contribution in [2.75, 3.05) is 30.9 Å². The van der Waals surface area contributed by atoms with Crippen molar-refractivity contribution in [2.24, 2.45) is 0 Å². The number of nitrogens with zero attached hydrogens (tertiary/aromatic N) is 1. The number of hydrogen-bond donors (Lipinski definition) is 1. The first-order valence-corrected chi connectivity index (χ1v) is 7.66. The van der Waals surface area contributed by atoms with E-state index in [4.69, 9.17) is 10.5 Å². The van der Waals surface area contributed by atoms with Crippen LogP contribution in [0.25, 0.3) is 0 Å². The van der Waals surface area contributed by atoms with E-state index < -0.39 is 0 Å². The molecule has 1 aromatic rings. The highest BCUT2D eigenvalue weighted by Gasteiger charge is 2.26. The van der Waals surface area contributed by atoms with Crippen LogP contribution in [-0.4, -0.2) is 42.0 Å². The van der Waals surface area contributed by atoms with E-state index >= 15 is 0 Å². The van der Waals surface area contributed by atoms with Crippen LogP contribution in [0.1, 0.15) is 23.7 Å². The second-order valence-corrected chi connectivity index (χ2v) is 5.74. The number of hydrogen-bond acceptors (Lipinski definition) is 4. The minimum absolute atomic E-state index is 0.0109. The maximum atomic E-state index is 12.6. The van der Waals surface area contributed by atoms with E-state index in [-0.39, 0.29) is 5.91 Å². The van der Waals surface area contributed by atoms with Crippen LogP contribution >= 0.6 is 11.8 Å². The molecule has 1 saturated heterocycles. The van der Waals surface area contributed by atoms with E-state index in [1.54, 1.807) is 18.2 Å². The molecule has 1 heterocycles. The topological polar surface area (TPSA) is 55.6 Å². The quantitative estimate of drug-likeness (QED) is 0.859. The van der Waals surface area contributed by atoms with Gasteiger partial charge in [0, 0.05) is 18.8 Å². The first kappa shape index (κ1) is 14.1. The molecule has 0 saturated carbocycles. The van der Waals surface area contributed by atoms with Gasteiger partial charge in [-0.1, -0.05) is 6.07 Å². The summed E-state index contributed by atoms with van der Waals surface area (Å²) in [6, 6.07) is 5.64. The average molecular weight is 280 g/mol. The van der Waals surface area contributed by atoms with Gasteiger partial charge in [-0.15, -0.1) is 0 Å². The third-order valence-electron chi connectivity index (χ3n) is 3.34. The number of rotatable bonds is 4. The Labute approximate surface area is 118 Å². The predicted molar refractivity (Wildman–Crippen MR) is 79.8 cm³/mol.